The quantitative estimate of drug-likeness (QED) is 0.776. The summed E-state index contributed by atoms with van der Waals surface area (Å²) < 4.78 is 6.77. The third-order valence-corrected chi connectivity index (χ3v) is 2.97. The Kier molecular flexibility index (Phi) is 5.72. The van der Waals surface area contributed by atoms with Crippen LogP contribution in [0.1, 0.15) is 16.1 Å². The summed E-state index contributed by atoms with van der Waals surface area (Å²) in [5.74, 6) is -1.19. The molecule has 1 N–H and O–H groups in total. The molecule has 0 aliphatic carbocycles. The van der Waals surface area contributed by atoms with Gasteiger partial charge in [-0.3, -0.25) is 4.79 Å². The molecule has 6 nitrogen and oxygen atoms in total. The van der Waals surface area contributed by atoms with E-state index in [1.807, 2.05) is 7.05 Å². The van der Waals surface area contributed by atoms with Gasteiger partial charge < -0.3 is 19.3 Å². The third-order valence-electron chi connectivity index (χ3n) is 2.97. The maximum Gasteiger partial charge on any atom is 0.341 e. The maximum atomic E-state index is 11.5. The van der Waals surface area contributed by atoms with E-state index in [2.05, 4.69) is 4.90 Å². The monoisotopic (exact) mass is 268 g/mol. The Hall–Kier alpha value is -1.66. The second-order valence-electron chi connectivity index (χ2n) is 4.49. The molecule has 6 heteroatoms. The fraction of sp³-hybridized carbons (Fsp3) is 0.538. The number of carbonyl (C=O) groups is 1. The minimum absolute atomic E-state index is 0.190. The highest BCUT2D eigenvalue weighted by atomic mass is 16.5. The number of hydrogen-bond acceptors (Lipinski definition) is 4. The lowest BCUT2D eigenvalue weighted by atomic mass is 10.2. The average molecular weight is 268 g/mol. The molecule has 0 fully saturated rings. The van der Waals surface area contributed by atoms with Crippen LogP contribution in [0.2, 0.25) is 0 Å². The SMILES string of the molecule is COCCN(C)CCn1cc(C(=O)O)c(=O)cc1C. The van der Waals surface area contributed by atoms with Gasteiger partial charge in [0.15, 0.2) is 5.43 Å². The zero-order chi connectivity index (χ0) is 14.4. The Balaban J connectivity index is 2.75. The highest BCUT2D eigenvalue weighted by molar-refractivity contribution is 5.87. The topological polar surface area (TPSA) is 71.8 Å². The van der Waals surface area contributed by atoms with E-state index in [1.165, 1.54) is 12.3 Å². The Morgan fingerprint density at radius 3 is 2.74 bits per heavy atom. The average Bonchev–Trinajstić information content (AvgIpc) is 2.34. The van der Waals surface area contributed by atoms with Gasteiger partial charge in [0, 0.05) is 44.7 Å². The van der Waals surface area contributed by atoms with Crippen molar-refractivity contribution in [3.05, 3.63) is 33.7 Å². The Morgan fingerprint density at radius 1 is 1.47 bits per heavy atom. The number of likely N-dealkylation sites (N-methyl/N-ethyl adjacent to an activating group) is 1. The largest absolute Gasteiger partial charge is 0.477 e. The van der Waals surface area contributed by atoms with E-state index in [-0.39, 0.29) is 5.56 Å². The molecule has 0 radical (unpaired) electrons. The summed E-state index contributed by atoms with van der Waals surface area (Å²) in [5, 5.41) is 8.93. The first-order chi connectivity index (χ1) is 8.95. The summed E-state index contributed by atoms with van der Waals surface area (Å²) in [6.45, 7) is 4.64. The molecule has 0 atom stereocenters. The number of pyridine rings is 1. The van der Waals surface area contributed by atoms with Gasteiger partial charge in [0.2, 0.25) is 0 Å². The lowest BCUT2D eigenvalue weighted by molar-refractivity contribution is 0.0694. The van der Waals surface area contributed by atoms with Crippen molar-refractivity contribution < 1.29 is 14.6 Å². The van der Waals surface area contributed by atoms with E-state index in [0.717, 1.165) is 18.8 Å². The van der Waals surface area contributed by atoms with E-state index in [1.54, 1.807) is 18.6 Å². The van der Waals surface area contributed by atoms with Crippen molar-refractivity contribution in [2.75, 3.05) is 33.9 Å². The Bertz CT molecular complexity index is 496. The normalized spacial score (nSPS) is 10.9. The molecule has 1 aromatic heterocycles. The van der Waals surface area contributed by atoms with Crippen molar-refractivity contribution in [3.63, 3.8) is 0 Å². The lowest BCUT2D eigenvalue weighted by Crippen LogP contribution is -2.28. The number of nitrogens with zero attached hydrogens (tertiary/aromatic N) is 2. The predicted molar refractivity (Wildman–Crippen MR) is 71.8 cm³/mol. The van der Waals surface area contributed by atoms with Crippen LogP contribution in [-0.2, 0) is 11.3 Å². The molecular weight excluding hydrogens is 248 g/mol. The van der Waals surface area contributed by atoms with Crippen molar-refractivity contribution >= 4 is 5.97 Å². The smallest absolute Gasteiger partial charge is 0.341 e. The molecule has 0 aliphatic heterocycles. The molecule has 0 amide bonds. The fourth-order valence-electron chi connectivity index (χ4n) is 1.71. The minimum atomic E-state index is -1.19. The molecule has 0 spiro atoms. The van der Waals surface area contributed by atoms with Crippen molar-refractivity contribution in [1.82, 2.24) is 9.47 Å². The highest BCUT2D eigenvalue weighted by Gasteiger charge is 2.10. The van der Waals surface area contributed by atoms with Crippen LogP contribution < -0.4 is 5.43 Å². The van der Waals surface area contributed by atoms with Crippen LogP contribution in [0.3, 0.4) is 0 Å². The Morgan fingerprint density at radius 2 is 2.16 bits per heavy atom. The highest BCUT2D eigenvalue weighted by Crippen LogP contribution is 2.00. The molecule has 1 heterocycles. The number of carboxylic acid groups (broad SMARTS) is 1. The lowest BCUT2D eigenvalue weighted by Gasteiger charge is -2.18. The molecule has 0 unspecified atom stereocenters. The zero-order valence-electron chi connectivity index (χ0n) is 11.5. The summed E-state index contributed by atoms with van der Waals surface area (Å²) in [7, 11) is 3.62. The third kappa shape index (κ3) is 4.50. The standard InChI is InChI=1S/C13H20N2O4/c1-10-8-12(16)11(13(17)18)9-15(10)5-4-14(2)6-7-19-3/h8-9H,4-7H2,1-3H3,(H,17,18). The fourth-order valence-corrected chi connectivity index (χ4v) is 1.71. The van der Waals surface area contributed by atoms with Gasteiger partial charge in [0.25, 0.3) is 0 Å². The summed E-state index contributed by atoms with van der Waals surface area (Å²) >= 11 is 0. The number of rotatable bonds is 7. The van der Waals surface area contributed by atoms with Crippen molar-refractivity contribution in [3.8, 4) is 0 Å². The number of aromatic carboxylic acids is 1. The van der Waals surface area contributed by atoms with E-state index >= 15 is 0 Å². The number of hydrogen-bond donors (Lipinski definition) is 1. The minimum Gasteiger partial charge on any atom is -0.477 e. The molecule has 106 valence electrons. The summed E-state index contributed by atoms with van der Waals surface area (Å²) in [5.41, 5.74) is 0.120. The van der Waals surface area contributed by atoms with Crippen molar-refractivity contribution in [1.29, 1.82) is 0 Å². The second-order valence-corrected chi connectivity index (χ2v) is 4.49. The first-order valence-corrected chi connectivity index (χ1v) is 6.07. The summed E-state index contributed by atoms with van der Waals surface area (Å²) in [6.07, 6.45) is 1.41. The van der Waals surface area contributed by atoms with Gasteiger partial charge in [0.05, 0.1) is 6.61 Å². The van der Waals surface area contributed by atoms with Crippen LogP contribution in [0.4, 0.5) is 0 Å². The molecule has 0 saturated heterocycles. The van der Waals surface area contributed by atoms with Crippen molar-refractivity contribution in [2.45, 2.75) is 13.5 Å². The molecule has 1 aromatic rings. The van der Waals surface area contributed by atoms with Gasteiger partial charge in [-0.15, -0.1) is 0 Å². The van der Waals surface area contributed by atoms with Crippen LogP contribution in [0, 0.1) is 6.92 Å². The molecule has 0 saturated carbocycles. The summed E-state index contributed by atoms with van der Waals surface area (Å²) in [6, 6.07) is 1.36. The van der Waals surface area contributed by atoms with Gasteiger partial charge in [-0.1, -0.05) is 0 Å². The number of aromatic nitrogens is 1. The predicted octanol–water partition coefficient (Wildman–Crippen LogP) is 0.433. The van der Waals surface area contributed by atoms with E-state index < -0.39 is 11.4 Å². The molecule has 1 rings (SSSR count). The summed E-state index contributed by atoms with van der Waals surface area (Å²) in [4.78, 5) is 24.5. The van der Waals surface area contributed by atoms with Crippen LogP contribution in [0.15, 0.2) is 17.1 Å². The molecule has 19 heavy (non-hydrogen) atoms. The molecule has 0 bridgehead atoms. The number of ether oxygens (including phenoxy) is 1. The van der Waals surface area contributed by atoms with Crippen molar-refractivity contribution in [2.24, 2.45) is 0 Å². The van der Waals surface area contributed by atoms with E-state index in [9.17, 15) is 9.59 Å². The number of methoxy groups -OCH3 is 1. The zero-order valence-corrected chi connectivity index (χ0v) is 11.5. The maximum absolute atomic E-state index is 11.5. The van der Waals surface area contributed by atoms with Crippen LogP contribution in [-0.4, -0.2) is 54.4 Å². The van der Waals surface area contributed by atoms with Gasteiger partial charge in [0.1, 0.15) is 5.56 Å². The van der Waals surface area contributed by atoms with E-state index in [4.69, 9.17) is 9.84 Å². The van der Waals surface area contributed by atoms with Gasteiger partial charge in [-0.05, 0) is 14.0 Å². The van der Waals surface area contributed by atoms with Gasteiger partial charge in [-0.25, -0.2) is 4.79 Å². The number of carboxylic acids is 1. The van der Waals surface area contributed by atoms with Crippen LogP contribution in [0.5, 0.6) is 0 Å². The van der Waals surface area contributed by atoms with Crippen LogP contribution in [0.25, 0.3) is 0 Å². The first kappa shape index (κ1) is 15.4. The molecular formula is C13H20N2O4. The van der Waals surface area contributed by atoms with Crippen LogP contribution >= 0.6 is 0 Å². The number of aryl methyl sites for hydroxylation is 1. The van der Waals surface area contributed by atoms with Gasteiger partial charge >= 0.3 is 5.97 Å². The first-order valence-electron chi connectivity index (χ1n) is 6.07. The molecule has 0 aromatic carbocycles. The molecule has 0 aliphatic rings. The Labute approximate surface area is 112 Å². The van der Waals surface area contributed by atoms with Gasteiger partial charge in [-0.2, -0.15) is 0 Å². The van der Waals surface area contributed by atoms with E-state index in [0.29, 0.717) is 13.2 Å². The second kappa shape index (κ2) is 7.06.